The van der Waals surface area contributed by atoms with Crippen LogP contribution in [0.25, 0.3) is 0 Å². The minimum absolute atomic E-state index is 0.0507. The van der Waals surface area contributed by atoms with E-state index in [1.165, 1.54) is 0 Å². The van der Waals surface area contributed by atoms with E-state index in [4.69, 9.17) is 18.7 Å². The van der Waals surface area contributed by atoms with Crippen LogP contribution in [0.15, 0.2) is 21.1 Å². The summed E-state index contributed by atoms with van der Waals surface area (Å²) < 4.78 is 22.6. The highest BCUT2D eigenvalue weighted by Crippen LogP contribution is 2.36. The molecule has 1 aliphatic rings. The first-order chi connectivity index (χ1) is 11.5. The fourth-order valence-corrected chi connectivity index (χ4v) is 2.90. The van der Waals surface area contributed by atoms with Gasteiger partial charge in [0.15, 0.2) is 17.3 Å². The van der Waals surface area contributed by atoms with Crippen LogP contribution in [-0.4, -0.2) is 24.3 Å². The van der Waals surface area contributed by atoms with Crippen molar-refractivity contribution in [1.82, 2.24) is 5.16 Å². The van der Waals surface area contributed by atoms with Crippen molar-refractivity contribution < 1.29 is 23.5 Å². The molecule has 0 saturated carbocycles. The van der Waals surface area contributed by atoms with Gasteiger partial charge >= 0.3 is 5.97 Å². The first-order valence-electron chi connectivity index (χ1n) is 7.68. The summed E-state index contributed by atoms with van der Waals surface area (Å²) in [4.78, 5) is 12.4. The minimum Gasteiger partial charge on any atom is -0.486 e. The Labute approximate surface area is 148 Å². The number of rotatable bonds is 4. The highest BCUT2D eigenvalue weighted by atomic mass is 79.9. The third-order valence-corrected chi connectivity index (χ3v) is 4.43. The van der Waals surface area contributed by atoms with Crippen molar-refractivity contribution >= 4 is 21.9 Å². The van der Waals surface area contributed by atoms with E-state index >= 15 is 0 Å². The summed E-state index contributed by atoms with van der Waals surface area (Å²) in [7, 11) is 0. The number of carbonyl (C=O) groups is 1. The summed E-state index contributed by atoms with van der Waals surface area (Å²) in [6.07, 6.45) is 0. The lowest BCUT2D eigenvalue weighted by molar-refractivity contribution is 0.0467. The third kappa shape index (κ3) is 3.26. The molecule has 1 aromatic carbocycles. The van der Waals surface area contributed by atoms with E-state index in [-0.39, 0.29) is 12.5 Å². The predicted molar refractivity (Wildman–Crippen MR) is 89.6 cm³/mol. The van der Waals surface area contributed by atoms with Crippen molar-refractivity contribution in [2.75, 3.05) is 13.2 Å². The second kappa shape index (κ2) is 6.84. The zero-order valence-electron chi connectivity index (χ0n) is 13.7. The zero-order chi connectivity index (χ0) is 17.3. The summed E-state index contributed by atoms with van der Waals surface area (Å²) in [6.45, 7) is 6.75. The predicted octanol–water partition coefficient (Wildman–Crippen LogP) is 4.00. The fourth-order valence-electron chi connectivity index (χ4n) is 2.46. The second-order valence-electron chi connectivity index (χ2n) is 5.83. The van der Waals surface area contributed by atoms with Gasteiger partial charge in [-0.05, 0) is 19.1 Å². The summed E-state index contributed by atoms with van der Waals surface area (Å²) in [6, 6.07) is 3.64. The molecule has 0 amide bonds. The van der Waals surface area contributed by atoms with Crippen LogP contribution >= 0.6 is 15.9 Å². The lowest BCUT2D eigenvalue weighted by Gasteiger charge is -2.19. The molecule has 0 bridgehead atoms. The molecule has 0 unspecified atom stereocenters. The third-order valence-electron chi connectivity index (χ3n) is 3.69. The number of ether oxygens (including phenoxy) is 3. The minimum atomic E-state index is -0.445. The number of hydrogen-bond acceptors (Lipinski definition) is 6. The van der Waals surface area contributed by atoms with Crippen LogP contribution in [0.1, 0.15) is 47.1 Å². The Morgan fingerprint density at radius 2 is 1.96 bits per heavy atom. The molecule has 0 aliphatic carbocycles. The van der Waals surface area contributed by atoms with Gasteiger partial charge in [-0.1, -0.05) is 34.9 Å². The molecule has 2 heterocycles. The molecule has 0 N–H and O–H groups in total. The summed E-state index contributed by atoms with van der Waals surface area (Å²) in [5.41, 5.74) is 1.73. The summed E-state index contributed by atoms with van der Waals surface area (Å²) in [5, 5.41) is 3.87. The first-order valence-corrected chi connectivity index (χ1v) is 8.48. The number of aryl methyl sites for hydroxylation is 1. The fraction of sp³-hybridized carbons (Fsp3) is 0.412. The van der Waals surface area contributed by atoms with E-state index in [2.05, 4.69) is 21.1 Å². The number of carbonyl (C=O) groups excluding carboxylic acids is 1. The number of halogens is 1. The van der Waals surface area contributed by atoms with Gasteiger partial charge in [0.25, 0.3) is 0 Å². The molecule has 24 heavy (non-hydrogen) atoms. The number of hydrogen-bond donors (Lipinski definition) is 0. The lowest BCUT2D eigenvalue weighted by Crippen LogP contribution is -2.16. The topological polar surface area (TPSA) is 70.8 Å². The van der Waals surface area contributed by atoms with Crippen LogP contribution in [0.3, 0.4) is 0 Å². The van der Waals surface area contributed by atoms with E-state index in [1.807, 2.05) is 26.0 Å². The molecule has 1 aromatic heterocycles. The van der Waals surface area contributed by atoms with Gasteiger partial charge in [-0.2, -0.15) is 0 Å². The molecule has 0 atom stereocenters. The average molecular weight is 396 g/mol. The van der Waals surface area contributed by atoms with Crippen molar-refractivity contribution in [3.05, 3.63) is 39.2 Å². The maximum Gasteiger partial charge on any atom is 0.344 e. The van der Waals surface area contributed by atoms with Gasteiger partial charge < -0.3 is 18.7 Å². The van der Waals surface area contributed by atoms with E-state index < -0.39 is 5.97 Å². The SMILES string of the molecule is Cc1noc(C(C)C)c1C(=O)OCc1cc2c(cc1Br)OCCO2. The molecule has 6 nitrogen and oxygen atoms in total. The number of aromatic nitrogens is 1. The Balaban J connectivity index is 1.76. The van der Waals surface area contributed by atoms with Crippen LogP contribution < -0.4 is 9.47 Å². The Hall–Kier alpha value is -2.02. The van der Waals surface area contributed by atoms with Crippen LogP contribution in [0.5, 0.6) is 11.5 Å². The average Bonchev–Trinajstić information content (AvgIpc) is 2.94. The van der Waals surface area contributed by atoms with Crippen LogP contribution in [-0.2, 0) is 11.3 Å². The monoisotopic (exact) mass is 395 g/mol. The highest BCUT2D eigenvalue weighted by molar-refractivity contribution is 9.10. The summed E-state index contributed by atoms with van der Waals surface area (Å²) >= 11 is 3.47. The van der Waals surface area contributed by atoms with E-state index in [9.17, 15) is 4.79 Å². The highest BCUT2D eigenvalue weighted by Gasteiger charge is 2.24. The first kappa shape index (κ1) is 16.8. The Bertz CT molecular complexity index is 769. The molecule has 0 radical (unpaired) electrons. The van der Waals surface area contributed by atoms with Crippen molar-refractivity contribution in [2.24, 2.45) is 0 Å². The van der Waals surface area contributed by atoms with Crippen molar-refractivity contribution in [3.8, 4) is 11.5 Å². The number of benzene rings is 1. The molecule has 2 aromatic rings. The number of fused-ring (bicyclic) bond motifs is 1. The zero-order valence-corrected chi connectivity index (χ0v) is 15.3. The van der Waals surface area contributed by atoms with Gasteiger partial charge in [-0.25, -0.2) is 4.79 Å². The van der Waals surface area contributed by atoms with Gasteiger partial charge in [0, 0.05) is 16.0 Å². The maximum atomic E-state index is 12.4. The quantitative estimate of drug-likeness (QED) is 0.728. The normalized spacial score (nSPS) is 13.2. The molecular weight excluding hydrogens is 378 g/mol. The second-order valence-corrected chi connectivity index (χ2v) is 6.68. The molecule has 1 aliphatic heterocycles. The smallest absolute Gasteiger partial charge is 0.344 e. The van der Waals surface area contributed by atoms with Crippen molar-refractivity contribution in [1.29, 1.82) is 0 Å². The maximum absolute atomic E-state index is 12.4. The van der Waals surface area contributed by atoms with Crippen molar-refractivity contribution in [3.63, 3.8) is 0 Å². The molecule has 0 spiro atoms. The molecule has 7 heteroatoms. The van der Waals surface area contributed by atoms with Gasteiger partial charge in [0.2, 0.25) is 0 Å². The van der Waals surface area contributed by atoms with E-state index in [0.717, 1.165) is 10.0 Å². The van der Waals surface area contributed by atoms with Gasteiger partial charge in [0.1, 0.15) is 25.4 Å². The van der Waals surface area contributed by atoms with Crippen LogP contribution in [0.4, 0.5) is 0 Å². The summed E-state index contributed by atoms with van der Waals surface area (Å²) in [5.74, 6) is 1.48. The van der Waals surface area contributed by atoms with Crippen molar-refractivity contribution in [2.45, 2.75) is 33.3 Å². The Morgan fingerprint density at radius 3 is 2.62 bits per heavy atom. The number of esters is 1. The van der Waals surface area contributed by atoms with Crippen LogP contribution in [0, 0.1) is 6.92 Å². The molecule has 3 rings (SSSR count). The molecule has 128 valence electrons. The van der Waals surface area contributed by atoms with E-state index in [0.29, 0.717) is 41.7 Å². The van der Waals surface area contributed by atoms with Gasteiger partial charge in [0.05, 0.1) is 5.69 Å². The van der Waals surface area contributed by atoms with Gasteiger partial charge in [-0.3, -0.25) is 0 Å². The van der Waals surface area contributed by atoms with Crippen LogP contribution in [0.2, 0.25) is 0 Å². The molecule has 0 saturated heterocycles. The standard InChI is InChI=1S/C17H18BrNO5/c1-9(2)16-15(10(3)19-24-16)17(20)23-8-11-6-13-14(7-12(11)18)22-5-4-21-13/h6-7,9H,4-5,8H2,1-3H3. The van der Waals surface area contributed by atoms with E-state index in [1.54, 1.807) is 6.92 Å². The number of nitrogens with zero attached hydrogens (tertiary/aromatic N) is 1. The Morgan fingerprint density at radius 1 is 1.29 bits per heavy atom. The molecule has 0 fully saturated rings. The lowest BCUT2D eigenvalue weighted by atomic mass is 10.1. The largest absolute Gasteiger partial charge is 0.486 e. The molecular formula is C17H18BrNO5. The Kier molecular flexibility index (Phi) is 4.80. The van der Waals surface area contributed by atoms with Gasteiger partial charge in [-0.15, -0.1) is 0 Å².